The molecule has 1 amide bonds. The van der Waals surface area contributed by atoms with Crippen LogP contribution in [-0.2, 0) is 25.8 Å². The zero-order chi connectivity index (χ0) is 18.4. The number of carbonyl (C=O) groups excluding carboxylic acids is 2. The maximum absolute atomic E-state index is 12.4. The molecular weight excluding hydrogens is 318 g/mol. The van der Waals surface area contributed by atoms with E-state index in [9.17, 15) is 9.59 Å². The third-order valence-electron chi connectivity index (χ3n) is 4.11. The van der Waals surface area contributed by atoms with Crippen LogP contribution in [0, 0.1) is 5.41 Å². The smallest absolute Gasteiger partial charge is 0.311 e. The van der Waals surface area contributed by atoms with Gasteiger partial charge in [-0.3, -0.25) is 14.4 Å². The second-order valence-corrected chi connectivity index (χ2v) is 7.30. The summed E-state index contributed by atoms with van der Waals surface area (Å²) in [5.41, 5.74) is 0.386. The summed E-state index contributed by atoms with van der Waals surface area (Å²) in [7, 11) is 0. The Morgan fingerprint density at radius 3 is 2.60 bits per heavy atom. The lowest BCUT2D eigenvalue weighted by Crippen LogP contribution is -2.52. The summed E-state index contributed by atoms with van der Waals surface area (Å²) in [5.74, 6) is -0.366. The zero-order valence-corrected chi connectivity index (χ0v) is 15.2. The fourth-order valence-electron chi connectivity index (χ4n) is 2.66. The first-order valence-corrected chi connectivity index (χ1v) is 8.64. The Kier molecular flexibility index (Phi) is 6.37. The minimum Gasteiger partial charge on any atom is -0.460 e. The zero-order valence-electron chi connectivity index (χ0n) is 15.2. The van der Waals surface area contributed by atoms with Crippen LogP contribution in [-0.4, -0.2) is 29.1 Å². The summed E-state index contributed by atoms with van der Waals surface area (Å²) in [6, 6.07) is 9.30. The van der Waals surface area contributed by atoms with Crippen molar-refractivity contribution >= 4 is 11.9 Å². The van der Waals surface area contributed by atoms with Gasteiger partial charge in [0.05, 0.1) is 5.41 Å². The summed E-state index contributed by atoms with van der Waals surface area (Å²) in [5, 5.41) is 1.37. The molecule has 5 heteroatoms. The molecule has 1 fully saturated rings. The Morgan fingerprint density at radius 2 is 2.00 bits per heavy atom. The van der Waals surface area contributed by atoms with Crippen LogP contribution in [0.25, 0.3) is 0 Å². The van der Waals surface area contributed by atoms with Gasteiger partial charge in [0.2, 0.25) is 5.91 Å². The van der Waals surface area contributed by atoms with Gasteiger partial charge in [0, 0.05) is 6.42 Å². The maximum Gasteiger partial charge on any atom is 0.311 e. The standard InChI is InChI=1S/C20H27NO4/c1-5-9-16-17(25-19(23)20(2,3)4)12-13-18(22)21(16)24-14-15-10-7-6-8-11-15/h5-8,10-11,16-17H,1,9,12-14H2,2-4H3/t16-,17+/m1/s1. The lowest BCUT2D eigenvalue weighted by Gasteiger charge is -2.39. The molecule has 1 heterocycles. The van der Waals surface area contributed by atoms with Crippen LogP contribution in [0.1, 0.15) is 45.6 Å². The Hall–Kier alpha value is -2.14. The fraction of sp³-hybridized carbons (Fsp3) is 0.500. The Bertz CT molecular complexity index is 606. The number of benzene rings is 1. The first-order chi connectivity index (χ1) is 11.8. The number of hydroxylamine groups is 2. The maximum atomic E-state index is 12.4. The number of carbonyl (C=O) groups is 2. The number of nitrogens with zero attached hydrogens (tertiary/aromatic N) is 1. The summed E-state index contributed by atoms with van der Waals surface area (Å²) < 4.78 is 5.69. The molecule has 0 unspecified atom stereocenters. The molecule has 25 heavy (non-hydrogen) atoms. The van der Waals surface area contributed by atoms with Gasteiger partial charge in [-0.05, 0) is 39.2 Å². The van der Waals surface area contributed by atoms with E-state index in [1.807, 2.05) is 51.1 Å². The highest BCUT2D eigenvalue weighted by Crippen LogP contribution is 2.28. The van der Waals surface area contributed by atoms with Crippen molar-refractivity contribution in [2.24, 2.45) is 5.41 Å². The van der Waals surface area contributed by atoms with Crippen molar-refractivity contribution in [1.29, 1.82) is 0 Å². The highest BCUT2D eigenvalue weighted by molar-refractivity contribution is 5.78. The summed E-state index contributed by atoms with van der Waals surface area (Å²) in [6.45, 7) is 9.50. The van der Waals surface area contributed by atoms with E-state index in [0.29, 0.717) is 25.9 Å². The molecule has 1 aliphatic rings. The molecule has 1 aromatic carbocycles. The normalized spacial score (nSPS) is 21.1. The molecule has 0 aromatic heterocycles. The number of hydrogen-bond donors (Lipinski definition) is 0. The van der Waals surface area contributed by atoms with E-state index in [1.54, 1.807) is 6.08 Å². The van der Waals surface area contributed by atoms with Crippen LogP contribution in [0.2, 0.25) is 0 Å². The van der Waals surface area contributed by atoms with Gasteiger partial charge in [0.1, 0.15) is 18.8 Å². The van der Waals surface area contributed by atoms with Crippen molar-refractivity contribution < 1.29 is 19.2 Å². The average Bonchev–Trinajstić information content (AvgIpc) is 2.57. The van der Waals surface area contributed by atoms with Crippen molar-refractivity contribution in [3.8, 4) is 0 Å². The largest absolute Gasteiger partial charge is 0.460 e. The van der Waals surface area contributed by atoms with Crippen molar-refractivity contribution in [1.82, 2.24) is 5.06 Å². The van der Waals surface area contributed by atoms with Gasteiger partial charge in [-0.1, -0.05) is 36.4 Å². The molecule has 0 radical (unpaired) electrons. The second-order valence-electron chi connectivity index (χ2n) is 7.30. The van der Waals surface area contributed by atoms with Crippen LogP contribution in [0.4, 0.5) is 0 Å². The third-order valence-corrected chi connectivity index (χ3v) is 4.11. The molecule has 0 spiro atoms. The predicted octanol–water partition coefficient (Wildman–Crippen LogP) is 3.64. The predicted molar refractivity (Wildman–Crippen MR) is 95.2 cm³/mol. The SMILES string of the molecule is C=CC[C@@H]1[C@@H](OC(=O)C(C)(C)C)CCC(=O)N1OCc1ccccc1. The molecule has 136 valence electrons. The molecule has 1 aliphatic heterocycles. The number of piperidine rings is 1. The molecule has 0 saturated carbocycles. The first-order valence-electron chi connectivity index (χ1n) is 8.64. The van der Waals surface area contributed by atoms with Crippen molar-refractivity contribution in [2.75, 3.05) is 0 Å². The summed E-state index contributed by atoms with van der Waals surface area (Å²) in [4.78, 5) is 30.4. The average molecular weight is 345 g/mol. The minimum absolute atomic E-state index is 0.0918. The summed E-state index contributed by atoms with van der Waals surface area (Å²) in [6.07, 6.45) is 2.63. The molecule has 1 saturated heterocycles. The highest BCUT2D eigenvalue weighted by atomic mass is 16.7. The van der Waals surface area contributed by atoms with Gasteiger partial charge >= 0.3 is 5.97 Å². The van der Waals surface area contributed by atoms with Gasteiger partial charge in [-0.15, -0.1) is 6.58 Å². The molecule has 0 bridgehead atoms. The lowest BCUT2D eigenvalue weighted by molar-refractivity contribution is -0.231. The van der Waals surface area contributed by atoms with Crippen LogP contribution < -0.4 is 0 Å². The van der Waals surface area contributed by atoms with E-state index < -0.39 is 11.5 Å². The van der Waals surface area contributed by atoms with Crippen molar-refractivity contribution in [3.63, 3.8) is 0 Å². The van der Waals surface area contributed by atoms with E-state index in [0.717, 1.165) is 5.56 Å². The van der Waals surface area contributed by atoms with Gasteiger partial charge in [0.25, 0.3) is 0 Å². The third kappa shape index (κ3) is 5.16. The number of esters is 1. The van der Waals surface area contributed by atoms with Gasteiger partial charge in [0.15, 0.2) is 0 Å². The number of rotatable bonds is 6. The summed E-state index contributed by atoms with van der Waals surface area (Å²) >= 11 is 0. The lowest BCUT2D eigenvalue weighted by atomic mass is 9.94. The first kappa shape index (κ1) is 19.2. The van der Waals surface area contributed by atoms with E-state index in [-0.39, 0.29) is 17.9 Å². The molecular formula is C20H27NO4. The Labute approximate surface area is 149 Å². The van der Waals surface area contributed by atoms with Crippen LogP contribution >= 0.6 is 0 Å². The molecule has 1 aromatic rings. The van der Waals surface area contributed by atoms with Crippen molar-refractivity contribution in [2.45, 2.75) is 58.8 Å². The molecule has 2 atom stereocenters. The minimum atomic E-state index is -0.587. The van der Waals surface area contributed by atoms with Gasteiger partial charge in [-0.2, -0.15) is 0 Å². The van der Waals surface area contributed by atoms with Crippen LogP contribution in [0.15, 0.2) is 43.0 Å². The second kappa shape index (κ2) is 8.30. The molecule has 2 rings (SSSR count). The van der Waals surface area contributed by atoms with E-state index >= 15 is 0 Å². The van der Waals surface area contributed by atoms with Crippen molar-refractivity contribution in [3.05, 3.63) is 48.6 Å². The molecule has 0 aliphatic carbocycles. The van der Waals surface area contributed by atoms with E-state index in [2.05, 4.69) is 6.58 Å². The molecule has 5 nitrogen and oxygen atoms in total. The number of amides is 1. The monoisotopic (exact) mass is 345 g/mol. The van der Waals surface area contributed by atoms with Gasteiger partial charge < -0.3 is 4.74 Å². The van der Waals surface area contributed by atoms with Crippen LogP contribution in [0.5, 0.6) is 0 Å². The Balaban J connectivity index is 2.10. The quantitative estimate of drug-likeness (QED) is 0.583. The Morgan fingerprint density at radius 1 is 1.32 bits per heavy atom. The number of hydrogen-bond acceptors (Lipinski definition) is 4. The van der Waals surface area contributed by atoms with E-state index in [1.165, 1.54) is 5.06 Å². The topological polar surface area (TPSA) is 55.8 Å². The van der Waals surface area contributed by atoms with Gasteiger partial charge in [-0.25, -0.2) is 5.06 Å². The molecule has 0 N–H and O–H groups in total. The number of ether oxygens (including phenoxy) is 1. The highest BCUT2D eigenvalue weighted by Gasteiger charge is 2.40. The fourth-order valence-corrected chi connectivity index (χ4v) is 2.66. The van der Waals surface area contributed by atoms with Crippen LogP contribution in [0.3, 0.4) is 0 Å². The van der Waals surface area contributed by atoms with E-state index in [4.69, 9.17) is 9.57 Å².